The standard InChI is InChI=1S/C27H37BrO7Si/c1-27(2,3)36(4,5)34-15-22-23(29)24(30)25(31)26(35-22)17-7-8-19(28)18(14-17)12-16-6-9-20-21(13-16)33-11-10-32-20/h6-9,13-14,22-26,29-31H,10-12,15H2,1-5H3/t22-,23-,24+,25-,26+/m1/s1. The number of hydrogen-bond acceptors (Lipinski definition) is 7. The number of aliphatic hydroxyl groups excluding tert-OH is 3. The van der Waals surface area contributed by atoms with Crippen LogP contribution >= 0.6 is 15.9 Å². The normalized spacial score (nSPS) is 26.6. The first-order valence-electron chi connectivity index (χ1n) is 12.4. The molecule has 7 nitrogen and oxygen atoms in total. The molecule has 2 aromatic carbocycles. The van der Waals surface area contributed by atoms with E-state index in [4.69, 9.17) is 18.6 Å². The predicted molar refractivity (Wildman–Crippen MR) is 143 cm³/mol. The van der Waals surface area contributed by atoms with Gasteiger partial charge in [-0.3, -0.25) is 0 Å². The average molecular weight is 582 g/mol. The van der Waals surface area contributed by atoms with Crippen molar-refractivity contribution >= 4 is 24.2 Å². The van der Waals surface area contributed by atoms with Crippen LogP contribution in [0.5, 0.6) is 11.5 Å². The van der Waals surface area contributed by atoms with E-state index in [0.29, 0.717) is 19.6 Å². The summed E-state index contributed by atoms with van der Waals surface area (Å²) >= 11 is 3.64. The molecule has 0 aliphatic carbocycles. The summed E-state index contributed by atoms with van der Waals surface area (Å²) in [4.78, 5) is 0. The Hall–Kier alpha value is -1.46. The fraction of sp³-hybridized carbons (Fsp3) is 0.556. The minimum atomic E-state index is -2.09. The molecule has 0 radical (unpaired) electrons. The Morgan fingerprint density at radius 3 is 2.33 bits per heavy atom. The van der Waals surface area contributed by atoms with Crippen molar-refractivity contribution in [1.29, 1.82) is 0 Å². The van der Waals surface area contributed by atoms with Gasteiger partial charge in [0.15, 0.2) is 19.8 Å². The molecular formula is C27H37BrO7Si. The van der Waals surface area contributed by atoms with Crippen LogP contribution in [-0.2, 0) is 15.6 Å². The molecule has 0 aromatic heterocycles. The molecule has 2 aliphatic rings. The largest absolute Gasteiger partial charge is 0.486 e. The average Bonchev–Trinajstić information content (AvgIpc) is 2.83. The summed E-state index contributed by atoms with van der Waals surface area (Å²) in [5.74, 6) is 1.48. The van der Waals surface area contributed by atoms with E-state index in [9.17, 15) is 15.3 Å². The van der Waals surface area contributed by atoms with Gasteiger partial charge >= 0.3 is 0 Å². The van der Waals surface area contributed by atoms with E-state index in [1.807, 2.05) is 36.4 Å². The van der Waals surface area contributed by atoms with Crippen molar-refractivity contribution in [2.45, 2.75) is 75.8 Å². The zero-order valence-electron chi connectivity index (χ0n) is 21.5. The number of aliphatic hydroxyl groups is 3. The van der Waals surface area contributed by atoms with E-state index in [2.05, 4.69) is 49.8 Å². The molecule has 4 rings (SSSR count). The van der Waals surface area contributed by atoms with Crippen molar-refractivity contribution in [2.75, 3.05) is 19.8 Å². The summed E-state index contributed by atoms with van der Waals surface area (Å²) < 4.78 is 24.7. The van der Waals surface area contributed by atoms with E-state index in [1.54, 1.807) is 0 Å². The maximum Gasteiger partial charge on any atom is 0.192 e. The van der Waals surface area contributed by atoms with Crippen LogP contribution in [-0.4, -0.2) is 67.9 Å². The third kappa shape index (κ3) is 5.82. The zero-order valence-corrected chi connectivity index (χ0v) is 24.1. The zero-order chi connectivity index (χ0) is 26.3. The number of fused-ring (bicyclic) bond motifs is 1. The van der Waals surface area contributed by atoms with Crippen LogP contribution in [0.2, 0.25) is 18.1 Å². The molecular weight excluding hydrogens is 544 g/mol. The molecule has 3 N–H and O–H groups in total. The van der Waals surface area contributed by atoms with Gasteiger partial charge in [0.05, 0.1) is 6.61 Å². The third-order valence-electron chi connectivity index (χ3n) is 7.53. The van der Waals surface area contributed by atoms with Crippen LogP contribution in [0.15, 0.2) is 40.9 Å². The Labute approximate surface area is 222 Å². The SMILES string of the molecule is CC(C)(C)[Si](C)(C)OC[C@H]1O[C@@H](c2ccc(Br)c(Cc3ccc4c(c3)OCCO4)c2)[C@H](O)[C@@H](O)[C@@H]1O. The van der Waals surface area contributed by atoms with E-state index in [0.717, 1.165) is 32.7 Å². The molecule has 1 saturated heterocycles. The number of benzene rings is 2. The van der Waals surface area contributed by atoms with Crippen LogP contribution in [0.25, 0.3) is 0 Å². The molecule has 0 saturated carbocycles. The Bertz CT molecular complexity index is 1070. The smallest absolute Gasteiger partial charge is 0.192 e. The van der Waals surface area contributed by atoms with Gasteiger partial charge in [-0.15, -0.1) is 0 Å². The van der Waals surface area contributed by atoms with Gasteiger partial charge in [0.25, 0.3) is 0 Å². The van der Waals surface area contributed by atoms with E-state index in [-0.39, 0.29) is 11.6 Å². The summed E-state index contributed by atoms with van der Waals surface area (Å²) in [6, 6.07) is 11.6. The molecule has 0 amide bonds. The highest BCUT2D eigenvalue weighted by atomic mass is 79.9. The maximum atomic E-state index is 10.8. The Morgan fingerprint density at radius 2 is 1.64 bits per heavy atom. The minimum Gasteiger partial charge on any atom is -0.486 e. The lowest BCUT2D eigenvalue weighted by Crippen LogP contribution is -2.56. The number of ether oxygens (including phenoxy) is 3. The molecule has 36 heavy (non-hydrogen) atoms. The van der Waals surface area contributed by atoms with Gasteiger partial charge in [-0.25, -0.2) is 0 Å². The highest BCUT2D eigenvalue weighted by Crippen LogP contribution is 2.39. The molecule has 0 bridgehead atoms. The third-order valence-corrected chi connectivity index (χ3v) is 12.8. The summed E-state index contributed by atoms with van der Waals surface area (Å²) in [7, 11) is -2.09. The van der Waals surface area contributed by atoms with Crippen molar-refractivity contribution in [2.24, 2.45) is 0 Å². The Kier molecular flexibility index (Phi) is 8.21. The van der Waals surface area contributed by atoms with Crippen molar-refractivity contribution in [3.63, 3.8) is 0 Å². The van der Waals surface area contributed by atoms with Gasteiger partial charge in [0, 0.05) is 4.47 Å². The van der Waals surface area contributed by atoms with E-state index in [1.165, 1.54) is 0 Å². The van der Waals surface area contributed by atoms with Crippen LogP contribution in [0.3, 0.4) is 0 Å². The Morgan fingerprint density at radius 1 is 0.944 bits per heavy atom. The lowest BCUT2D eigenvalue weighted by atomic mass is 9.90. The molecule has 198 valence electrons. The number of halogens is 1. The van der Waals surface area contributed by atoms with Crippen molar-refractivity contribution in [3.8, 4) is 11.5 Å². The fourth-order valence-electron chi connectivity index (χ4n) is 4.20. The van der Waals surface area contributed by atoms with Gasteiger partial charge in [-0.2, -0.15) is 0 Å². The van der Waals surface area contributed by atoms with Crippen LogP contribution < -0.4 is 9.47 Å². The van der Waals surface area contributed by atoms with Gasteiger partial charge < -0.3 is 34.0 Å². The van der Waals surface area contributed by atoms with Crippen LogP contribution in [0, 0.1) is 0 Å². The monoisotopic (exact) mass is 580 g/mol. The quantitative estimate of drug-likeness (QED) is 0.437. The summed E-state index contributed by atoms with van der Waals surface area (Å²) in [6.45, 7) is 11.9. The molecule has 9 heteroatoms. The predicted octanol–water partition coefficient (Wildman–Crippen LogP) is 4.36. The Balaban J connectivity index is 1.53. The lowest BCUT2D eigenvalue weighted by Gasteiger charge is -2.43. The first-order chi connectivity index (χ1) is 16.9. The highest BCUT2D eigenvalue weighted by Gasteiger charge is 2.46. The topological polar surface area (TPSA) is 97.6 Å². The maximum absolute atomic E-state index is 10.8. The second-order valence-corrected chi connectivity index (χ2v) is 16.8. The molecule has 5 atom stereocenters. The number of hydrogen-bond donors (Lipinski definition) is 3. The molecule has 2 aromatic rings. The summed E-state index contributed by atoms with van der Waals surface area (Å²) in [5, 5.41) is 32.1. The van der Waals surface area contributed by atoms with Gasteiger partial charge in [0.1, 0.15) is 43.7 Å². The first-order valence-corrected chi connectivity index (χ1v) is 16.1. The second-order valence-electron chi connectivity index (χ2n) is 11.1. The van der Waals surface area contributed by atoms with Gasteiger partial charge in [0.2, 0.25) is 0 Å². The fourth-order valence-corrected chi connectivity index (χ4v) is 5.60. The molecule has 1 fully saturated rings. The van der Waals surface area contributed by atoms with Crippen molar-refractivity contribution < 1.29 is 34.0 Å². The van der Waals surface area contributed by atoms with Crippen molar-refractivity contribution in [1.82, 2.24) is 0 Å². The van der Waals surface area contributed by atoms with Gasteiger partial charge in [-0.1, -0.05) is 54.9 Å². The van der Waals surface area contributed by atoms with Crippen LogP contribution in [0.4, 0.5) is 0 Å². The first kappa shape index (κ1) is 27.6. The molecule has 2 heterocycles. The van der Waals surface area contributed by atoms with Gasteiger partial charge in [-0.05, 0) is 59.4 Å². The van der Waals surface area contributed by atoms with Crippen molar-refractivity contribution in [3.05, 3.63) is 57.6 Å². The molecule has 2 aliphatic heterocycles. The van der Waals surface area contributed by atoms with Crippen LogP contribution in [0.1, 0.15) is 43.6 Å². The summed E-state index contributed by atoms with van der Waals surface area (Å²) in [5.41, 5.74) is 2.77. The number of rotatable bonds is 6. The summed E-state index contributed by atoms with van der Waals surface area (Å²) in [6.07, 6.45) is -4.80. The van der Waals surface area contributed by atoms with E-state index < -0.39 is 38.8 Å². The van der Waals surface area contributed by atoms with E-state index >= 15 is 0 Å². The second kappa shape index (κ2) is 10.7. The highest BCUT2D eigenvalue weighted by molar-refractivity contribution is 9.10. The minimum absolute atomic E-state index is 0.00138. The lowest BCUT2D eigenvalue weighted by molar-refractivity contribution is -0.230. The molecule has 0 unspecified atom stereocenters. The molecule has 0 spiro atoms.